The van der Waals surface area contributed by atoms with E-state index in [0.29, 0.717) is 24.5 Å². The fraction of sp³-hybridized carbons (Fsp3) is 0.312. The summed E-state index contributed by atoms with van der Waals surface area (Å²) in [6.07, 6.45) is 1.52. The summed E-state index contributed by atoms with van der Waals surface area (Å²) in [5.74, 6) is -0.729. The Balaban J connectivity index is 1.51. The first kappa shape index (κ1) is 17.2. The second-order valence-corrected chi connectivity index (χ2v) is 6.28. The van der Waals surface area contributed by atoms with Crippen molar-refractivity contribution in [3.8, 4) is 11.5 Å². The third kappa shape index (κ3) is 4.68. The highest BCUT2D eigenvalue weighted by Gasteiger charge is 2.15. The number of aromatic nitrogens is 1. The topological polar surface area (TPSA) is 107 Å². The Kier molecular flexibility index (Phi) is 5.46. The van der Waals surface area contributed by atoms with Gasteiger partial charge in [-0.05, 0) is 23.8 Å². The average molecular weight is 362 g/mol. The van der Waals surface area contributed by atoms with Gasteiger partial charge in [0.1, 0.15) is 0 Å². The Morgan fingerprint density at radius 2 is 2.16 bits per heavy atom. The number of phenolic OH excluding ortho intramolecular Hbond substituents is 2. The number of thiazole rings is 1. The number of rotatable bonds is 5. The minimum Gasteiger partial charge on any atom is -0.504 e. The van der Waals surface area contributed by atoms with Gasteiger partial charge in [-0.25, -0.2) is 10.4 Å². The number of nitrogens with zero attached hydrogens (tertiary/aromatic N) is 3. The number of hydrogen-bond donors (Lipinski definition) is 3. The van der Waals surface area contributed by atoms with Gasteiger partial charge in [0, 0.05) is 18.5 Å². The number of morpholine rings is 1. The molecule has 8 nitrogen and oxygen atoms in total. The minimum atomic E-state index is -0.280. The fourth-order valence-corrected chi connectivity index (χ4v) is 3.16. The smallest absolute Gasteiger partial charge is 0.246 e. The first-order valence-corrected chi connectivity index (χ1v) is 8.61. The van der Waals surface area contributed by atoms with Crippen LogP contribution in [0.15, 0.2) is 28.7 Å². The molecule has 0 unspecified atom stereocenters. The number of carbonyl (C=O) groups excluding carboxylic acids is 1. The summed E-state index contributed by atoms with van der Waals surface area (Å²) in [6, 6.07) is 4.26. The second kappa shape index (κ2) is 7.95. The van der Waals surface area contributed by atoms with Crippen LogP contribution in [0.2, 0.25) is 0 Å². The molecule has 1 aromatic carbocycles. The summed E-state index contributed by atoms with van der Waals surface area (Å²) in [7, 11) is 0. The van der Waals surface area contributed by atoms with Gasteiger partial charge in [0.15, 0.2) is 16.6 Å². The summed E-state index contributed by atoms with van der Waals surface area (Å²) < 4.78 is 5.31. The molecule has 3 rings (SSSR count). The zero-order chi connectivity index (χ0) is 17.6. The Morgan fingerprint density at radius 3 is 2.92 bits per heavy atom. The molecule has 1 fully saturated rings. The van der Waals surface area contributed by atoms with Gasteiger partial charge in [-0.15, -0.1) is 11.3 Å². The van der Waals surface area contributed by atoms with Crippen molar-refractivity contribution in [1.29, 1.82) is 0 Å². The van der Waals surface area contributed by atoms with Gasteiger partial charge < -0.3 is 19.8 Å². The molecule has 3 N–H and O–H groups in total. The third-order valence-electron chi connectivity index (χ3n) is 3.57. The summed E-state index contributed by atoms with van der Waals surface area (Å²) in [5, 5.41) is 25.2. The highest BCUT2D eigenvalue weighted by molar-refractivity contribution is 7.13. The van der Waals surface area contributed by atoms with E-state index in [2.05, 4.69) is 20.4 Å². The van der Waals surface area contributed by atoms with Gasteiger partial charge in [0.25, 0.3) is 0 Å². The van der Waals surface area contributed by atoms with Crippen molar-refractivity contribution in [2.24, 2.45) is 5.10 Å². The summed E-state index contributed by atoms with van der Waals surface area (Å²) >= 11 is 1.51. The number of nitrogens with one attached hydrogen (secondary N) is 1. The predicted molar refractivity (Wildman–Crippen MR) is 94.4 cm³/mol. The molecule has 1 aliphatic heterocycles. The number of ether oxygens (including phenoxy) is 1. The lowest BCUT2D eigenvalue weighted by atomic mass is 10.2. The number of benzene rings is 1. The number of amides is 1. The SMILES string of the molecule is O=C(Cc1csc(N2CCOCC2)n1)N/N=C/c1ccc(O)c(O)c1. The van der Waals surface area contributed by atoms with Gasteiger partial charge in [-0.1, -0.05) is 0 Å². The largest absolute Gasteiger partial charge is 0.504 e. The van der Waals surface area contributed by atoms with Gasteiger partial charge in [-0.2, -0.15) is 5.10 Å². The Labute approximate surface area is 148 Å². The number of aromatic hydroxyl groups is 2. The maximum atomic E-state index is 11.9. The van der Waals surface area contributed by atoms with Crippen LogP contribution in [0, 0.1) is 0 Å². The van der Waals surface area contributed by atoms with Crippen LogP contribution in [-0.4, -0.2) is 53.6 Å². The van der Waals surface area contributed by atoms with Gasteiger partial charge >= 0.3 is 0 Å². The van der Waals surface area contributed by atoms with Gasteiger partial charge in [-0.3, -0.25) is 4.79 Å². The average Bonchev–Trinajstić information content (AvgIpc) is 3.07. The van der Waals surface area contributed by atoms with Crippen LogP contribution < -0.4 is 10.3 Å². The molecule has 2 heterocycles. The van der Waals surface area contributed by atoms with Crippen LogP contribution in [0.4, 0.5) is 5.13 Å². The number of anilines is 1. The van der Waals surface area contributed by atoms with E-state index >= 15 is 0 Å². The van der Waals surface area contributed by atoms with E-state index in [0.717, 1.165) is 18.2 Å². The molecule has 0 aliphatic carbocycles. The van der Waals surface area contributed by atoms with E-state index < -0.39 is 0 Å². The van der Waals surface area contributed by atoms with E-state index in [-0.39, 0.29) is 23.8 Å². The highest BCUT2D eigenvalue weighted by atomic mass is 32.1. The van der Waals surface area contributed by atoms with Crippen LogP contribution in [-0.2, 0) is 16.0 Å². The van der Waals surface area contributed by atoms with E-state index in [9.17, 15) is 15.0 Å². The van der Waals surface area contributed by atoms with E-state index in [4.69, 9.17) is 4.74 Å². The Bertz CT molecular complexity index is 771. The highest BCUT2D eigenvalue weighted by Crippen LogP contribution is 2.24. The maximum absolute atomic E-state index is 11.9. The van der Waals surface area contributed by atoms with Gasteiger partial charge in [0.05, 0.1) is 31.5 Å². The van der Waals surface area contributed by atoms with Crippen LogP contribution in [0.5, 0.6) is 11.5 Å². The molecule has 1 aromatic heterocycles. The first-order valence-electron chi connectivity index (χ1n) is 7.73. The van der Waals surface area contributed by atoms with Crippen molar-refractivity contribution in [2.75, 3.05) is 31.2 Å². The molecular formula is C16H18N4O4S. The lowest BCUT2D eigenvalue weighted by Crippen LogP contribution is -2.36. The van der Waals surface area contributed by atoms with E-state index in [1.165, 1.54) is 29.7 Å². The standard InChI is InChI=1S/C16H18N4O4S/c21-13-2-1-11(7-14(13)22)9-17-19-15(23)8-12-10-25-16(18-12)20-3-5-24-6-4-20/h1-2,7,9-10,21-22H,3-6,8H2,(H,19,23)/b17-9+. The number of phenols is 2. The predicted octanol–water partition coefficient (Wildman–Crippen LogP) is 1.08. The zero-order valence-electron chi connectivity index (χ0n) is 13.4. The van der Waals surface area contributed by atoms with Crippen molar-refractivity contribution < 1.29 is 19.7 Å². The molecule has 0 saturated carbocycles. The van der Waals surface area contributed by atoms with Crippen molar-refractivity contribution in [3.63, 3.8) is 0 Å². The normalized spacial score (nSPS) is 14.8. The Hall–Kier alpha value is -2.65. The summed E-state index contributed by atoms with van der Waals surface area (Å²) in [6.45, 7) is 3.00. The molecule has 1 aliphatic rings. The van der Waals surface area contributed by atoms with Crippen molar-refractivity contribution in [1.82, 2.24) is 10.4 Å². The molecular weight excluding hydrogens is 344 g/mol. The van der Waals surface area contributed by atoms with Crippen LogP contribution in [0.3, 0.4) is 0 Å². The molecule has 0 radical (unpaired) electrons. The molecule has 0 atom stereocenters. The number of hydrogen-bond acceptors (Lipinski definition) is 8. The molecule has 1 amide bonds. The maximum Gasteiger partial charge on any atom is 0.246 e. The number of hydrazone groups is 1. The quantitative estimate of drug-likeness (QED) is 0.417. The summed E-state index contributed by atoms with van der Waals surface area (Å²) in [5.41, 5.74) is 3.67. The monoisotopic (exact) mass is 362 g/mol. The second-order valence-electron chi connectivity index (χ2n) is 5.44. The third-order valence-corrected chi connectivity index (χ3v) is 4.52. The molecule has 2 aromatic rings. The van der Waals surface area contributed by atoms with Crippen LogP contribution >= 0.6 is 11.3 Å². The minimum absolute atomic E-state index is 0.138. The van der Waals surface area contributed by atoms with E-state index in [1.807, 2.05) is 5.38 Å². The summed E-state index contributed by atoms with van der Waals surface area (Å²) in [4.78, 5) is 18.5. The van der Waals surface area contributed by atoms with Crippen LogP contribution in [0.1, 0.15) is 11.3 Å². The molecule has 25 heavy (non-hydrogen) atoms. The molecule has 132 valence electrons. The lowest BCUT2D eigenvalue weighted by molar-refractivity contribution is -0.120. The molecule has 9 heteroatoms. The van der Waals surface area contributed by atoms with Crippen LogP contribution in [0.25, 0.3) is 0 Å². The van der Waals surface area contributed by atoms with Crippen molar-refractivity contribution >= 4 is 28.6 Å². The molecule has 0 spiro atoms. The van der Waals surface area contributed by atoms with Gasteiger partial charge in [0.2, 0.25) is 5.91 Å². The Morgan fingerprint density at radius 1 is 1.36 bits per heavy atom. The molecule has 1 saturated heterocycles. The number of carbonyl (C=O) groups is 1. The van der Waals surface area contributed by atoms with E-state index in [1.54, 1.807) is 6.07 Å². The lowest BCUT2D eigenvalue weighted by Gasteiger charge is -2.26. The zero-order valence-corrected chi connectivity index (χ0v) is 14.2. The van der Waals surface area contributed by atoms with Crippen molar-refractivity contribution in [2.45, 2.75) is 6.42 Å². The fourth-order valence-electron chi connectivity index (χ4n) is 2.28. The molecule has 0 bridgehead atoms. The first-order chi connectivity index (χ1) is 12.1. The van der Waals surface area contributed by atoms with Crippen molar-refractivity contribution in [3.05, 3.63) is 34.8 Å².